The molecule has 3 aliphatic rings. The summed E-state index contributed by atoms with van der Waals surface area (Å²) >= 11 is 6.95. The second-order valence-corrected chi connectivity index (χ2v) is 20.1. The summed E-state index contributed by atoms with van der Waals surface area (Å²) in [5, 5.41) is 7.72. The SMILES string of the molecule is CC1(C)CCC(CN2CCN(c3ccc(C(=O)NSc4ccc(NC5CCNCC5)c(S(=O)(=O)C(F)(F)F)c4)c(Oc4cnc5[nH]ccc5c4)c3)CC2)=C(c2ccc(Cl)cc2)C1. The van der Waals surface area contributed by atoms with Crippen molar-refractivity contribution < 1.29 is 31.1 Å². The van der Waals surface area contributed by atoms with Crippen LogP contribution in [0.4, 0.5) is 24.5 Å². The number of ether oxygens (including phenoxy) is 1. The van der Waals surface area contributed by atoms with Crippen molar-refractivity contribution in [3.63, 3.8) is 0 Å². The molecule has 328 valence electrons. The number of aromatic nitrogens is 2. The maximum absolute atomic E-state index is 13.9. The van der Waals surface area contributed by atoms with Crippen molar-refractivity contribution in [2.45, 2.75) is 67.3 Å². The van der Waals surface area contributed by atoms with Gasteiger partial charge < -0.3 is 25.3 Å². The van der Waals surface area contributed by atoms with Gasteiger partial charge in [0.1, 0.15) is 22.0 Å². The lowest BCUT2D eigenvalue weighted by Gasteiger charge is -2.39. The molecule has 0 spiro atoms. The highest BCUT2D eigenvalue weighted by Gasteiger charge is 2.48. The molecule has 11 nitrogen and oxygen atoms in total. The van der Waals surface area contributed by atoms with E-state index in [4.69, 9.17) is 16.3 Å². The third-order valence-corrected chi connectivity index (χ3v) is 14.4. The molecule has 0 saturated carbocycles. The van der Waals surface area contributed by atoms with Crippen LogP contribution < -0.4 is 25.0 Å². The number of benzene rings is 3. The Hall–Kier alpha value is -4.74. The molecule has 2 aromatic heterocycles. The summed E-state index contributed by atoms with van der Waals surface area (Å²) in [4.78, 5) is 25.3. The number of allylic oxidation sites excluding steroid dienone is 1. The molecule has 2 aliphatic heterocycles. The zero-order chi connectivity index (χ0) is 43.6. The number of aromatic amines is 1. The minimum Gasteiger partial charge on any atom is -0.455 e. The minimum absolute atomic E-state index is 0.101. The maximum Gasteiger partial charge on any atom is 0.501 e. The molecular weight excluding hydrogens is 859 g/mol. The predicted octanol–water partition coefficient (Wildman–Crippen LogP) is 9.69. The third-order valence-electron chi connectivity index (χ3n) is 11.9. The van der Waals surface area contributed by atoms with Gasteiger partial charge in [-0.3, -0.25) is 14.4 Å². The van der Waals surface area contributed by atoms with Crippen LogP contribution in [0, 0.1) is 5.41 Å². The molecule has 17 heteroatoms. The lowest BCUT2D eigenvalue weighted by atomic mass is 9.72. The van der Waals surface area contributed by atoms with Crippen molar-refractivity contribution in [3.05, 3.63) is 107 Å². The topological polar surface area (TPSA) is 132 Å². The van der Waals surface area contributed by atoms with Crippen molar-refractivity contribution in [1.82, 2.24) is 24.9 Å². The zero-order valence-corrected chi connectivity index (χ0v) is 36.8. The second-order valence-electron chi connectivity index (χ2n) is 16.9. The molecule has 2 fully saturated rings. The smallest absolute Gasteiger partial charge is 0.455 e. The number of rotatable bonds is 12. The summed E-state index contributed by atoms with van der Waals surface area (Å²) in [6.07, 6.45) is 7.77. The van der Waals surface area contributed by atoms with Crippen molar-refractivity contribution in [2.24, 2.45) is 5.41 Å². The van der Waals surface area contributed by atoms with Gasteiger partial charge in [-0.05, 0) is 128 Å². The van der Waals surface area contributed by atoms with E-state index in [1.165, 1.54) is 28.8 Å². The van der Waals surface area contributed by atoms with Gasteiger partial charge in [-0.2, -0.15) is 13.2 Å². The molecule has 0 atom stereocenters. The number of anilines is 2. The monoisotopic (exact) mass is 907 g/mol. The van der Waals surface area contributed by atoms with Crippen LogP contribution in [0.5, 0.6) is 11.5 Å². The fraction of sp³-hybridized carbons (Fsp3) is 0.378. The second kappa shape index (κ2) is 18.2. The number of piperidine rings is 1. The first-order valence-corrected chi connectivity index (χ1v) is 23.4. The Kier molecular flexibility index (Phi) is 12.9. The number of sulfone groups is 1. The average Bonchev–Trinajstić information content (AvgIpc) is 3.72. The highest BCUT2D eigenvalue weighted by Crippen LogP contribution is 2.44. The summed E-state index contributed by atoms with van der Waals surface area (Å²) in [6, 6.07) is 20.7. The summed E-state index contributed by atoms with van der Waals surface area (Å²) < 4.78 is 76.3. The van der Waals surface area contributed by atoms with Gasteiger partial charge in [0.2, 0.25) is 0 Å². The Balaban J connectivity index is 1.00. The average molecular weight is 909 g/mol. The summed E-state index contributed by atoms with van der Waals surface area (Å²) in [6.45, 7) is 10.0. The Labute approximate surface area is 368 Å². The summed E-state index contributed by atoms with van der Waals surface area (Å²) in [7, 11) is -5.72. The number of nitrogens with zero attached hydrogens (tertiary/aromatic N) is 3. The quantitative estimate of drug-likeness (QED) is 0.0898. The fourth-order valence-corrected chi connectivity index (χ4v) is 10.1. The summed E-state index contributed by atoms with van der Waals surface area (Å²) in [5.41, 5.74) is 0.389. The summed E-state index contributed by atoms with van der Waals surface area (Å²) in [5.74, 6) is 0.0683. The Bertz CT molecular complexity index is 2570. The molecule has 1 amide bonds. The van der Waals surface area contributed by atoms with Gasteiger partial charge >= 0.3 is 5.51 Å². The van der Waals surface area contributed by atoms with Crippen LogP contribution in [0.1, 0.15) is 61.9 Å². The number of nitrogens with one attached hydrogen (secondary N) is 4. The van der Waals surface area contributed by atoms with Crippen LogP contribution >= 0.6 is 23.5 Å². The van der Waals surface area contributed by atoms with Crippen LogP contribution in [0.2, 0.25) is 5.02 Å². The molecule has 5 aromatic rings. The molecule has 3 aromatic carbocycles. The molecule has 0 radical (unpaired) electrons. The van der Waals surface area contributed by atoms with Crippen molar-refractivity contribution in [1.29, 1.82) is 0 Å². The van der Waals surface area contributed by atoms with Crippen LogP contribution in [0.3, 0.4) is 0 Å². The molecule has 2 saturated heterocycles. The van der Waals surface area contributed by atoms with E-state index in [9.17, 15) is 26.4 Å². The van der Waals surface area contributed by atoms with Gasteiger partial charge in [0.05, 0.1) is 17.4 Å². The number of H-pyrrole nitrogens is 1. The van der Waals surface area contributed by atoms with Gasteiger partial charge in [0, 0.05) is 72.0 Å². The van der Waals surface area contributed by atoms with Crippen LogP contribution in [0.15, 0.2) is 101 Å². The lowest BCUT2D eigenvalue weighted by Crippen LogP contribution is -2.47. The van der Waals surface area contributed by atoms with E-state index >= 15 is 0 Å². The van der Waals surface area contributed by atoms with E-state index < -0.39 is 26.1 Å². The van der Waals surface area contributed by atoms with Gasteiger partial charge in [-0.25, -0.2) is 13.4 Å². The number of piperazine rings is 1. The van der Waals surface area contributed by atoms with Crippen LogP contribution in [0.25, 0.3) is 16.6 Å². The van der Waals surface area contributed by atoms with Gasteiger partial charge in [0.15, 0.2) is 0 Å². The number of amides is 1. The Morgan fingerprint density at radius 2 is 1.76 bits per heavy atom. The van der Waals surface area contributed by atoms with E-state index in [0.717, 1.165) is 74.1 Å². The molecule has 4 heterocycles. The van der Waals surface area contributed by atoms with Gasteiger partial charge in [-0.15, -0.1) is 0 Å². The van der Waals surface area contributed by atoms with E-state index in [1.807, 2.05) is 36.4 Å². The van der Waals surface area contributed by atoms with Crippen molar-refractivity contribution >= 4 is 67.3 Å². The Morgan fingerprint density at radius 3 is 2.50 bits per heavy atom. The number of pyridine rings is 1. The van der Waals surface area contributed by atoms with Crippen molar-refractivity contribution in [3.8, 4) is 11.5 Å². The highest BCUT2D eigenvalue weighted by molar-refractivity contribution is 7.98. The molecule has 0 unspecified atom stereocenters. The first-order chi connectivity index (χ1) is 29.6. The molecule has 1 aliphatic carbocycles. The molecule has 0 bridgehead atoms. The number of hydrogen-bond acceptors (Lipinski definition) is 10. The van der Waals surface area contributed by atoms with E-state index in [1.54, 1.807) is 18.5 Å². The van der Waals surface area contributed by atoms with E-state index in [0.29, 0.717) is 49.3 Å². The van der Waals surface area contributed by atoms with Crippen LogP contribution in [-0.4, -0.2) is 86.6 Å². The maximum atomic E-state index is 13.9. The number of carbonyl (C=O) groups excluding carboxylic acids is 1. The number of carbonyl (C=O) groups is 1. The minimum atomic E-state index is -5.72. The lowest BCUT2D eigenvalue weighted by molar-refractivity contribution is -0.0435. The number of alkyl halides is 3. The molecule has 8 rings (SSSR count). The molecular formula is C45H49ClF3N7O4S2. The van der Waals surface area contributed by atoms with Crippen LogP contribution in [-0.2, 0) is 9.84 Å². The van der Waals surface area contributed by atoms with E-state index in [2.05, 4.69) is 61.1 Å². The predicted molar refractivity (Wildman–Crippen MR) is 240 cm³/mol. The largest absolute Gasteiger partial charge is 0.501 e. The highest BCUT2D eigenvalue weighted by atomic mass is 35.5. The number of halogens is 4. The number of fused-ring (bicyclic) bond motifs is 1. The normalized spacial score (nSPS) is 17.9. The van der Waals surface area contributed by atoms with Gasteiger partial charge in [0.25, 0.3) is 15.7 Å². The first-order valence-electron chi connectivity index (χ1n) is 20.7. The third kappa shape index (κ3) is 10.0. The molecule has 62 heavy (non-hydrogen) atoms. The molecule has 4 N–H and O–H groups in total. The standard InChI is InChI=1S/C45H49ClF3N7O4S2/c1-44(2)15-11-31(38(26-44)29-3-5-32(46)6-4-29)28-55-19-21-56(22-20-55)34-7-9-37(40(24-34)60-35-23-30-12-18-51-42(30)52-27-35)43(57)54-61-36-8-10-39(53-33-13-16-50-17-14-33)41(25-36)62(58,59)45(47,48)49/h3-10,12,18,23-25,27,33,50,53H,11,13-17,19-22,26,28H2,1-2H3,(H,51,52)(H,54,57). The Morgan fingerprint density at radius 1 is 1.00 bits per heavy atom. The van der Waals surface area contributed by atoms with E-state index in [-0.39, 0.29) is 33.4 Å². The van der Waals surface area contributed by atoms with Gasteiger partial charge in [-0.1, -0.05) is 43.2 Å². The van der Waals surface area contributed by atoms with Crippen molar-refractivity contribution in [2.75, 3.05) is 56.0 Å². The zero-order valence-electron chi connectivity index (χ0n) is 34.4. The fourth-order valence-electron chi connectivity index (χ4n) is 8.36. The first kappa shape index (κ1) is 43.9. The number of hydrogen-bond donors (Lipinski definition) is 4.